The van der Waals surface area contributed by atoms with Crippen molar-refractivity contribution in [1.82, 2.24) is 10.6 Å². The van der Waals surface area contributed by atoms with Crippen LogP contribution in [0.2, 0.25) is 0 Å². The number of carbonyl (C=O) groups is 2. The summed E-state index contributed by atoms with van der Waals surface area (Å²) < 4.78 is 4.82. The van der Waals surface area contributed by atoms with Gasteiger partial charge in [0.2, 0.25) is 0 Å². The number of methoxy groups -OCH3 is 1. The maximum atomic E-state index is 11.7. The summed E-state index contributed by atoms with van der Waals surface area (Å²) >= 11 is 1.87. The third-order valence-electron chi connectivity index (χ3n) is 2.77. The van der Waals surface area contributed by atoms with Gasteiger partial charge in [0, 0.05) is 26.2 Å². The number of carboxylic acid groups (broad SMARTS) is 1. The number of hydrogen-bond acceptors (Lipinski definition) is 4. The highest BCUT2D eigenvalue weighted by molar-refractivity contribution is 7.99. The van der Waals surface area contributed by atoms with Crippen molar-refractivity contribution in [3.63, 3.8) is 0 Å². The zero-order chi connectivity index (χ0) is 13.4. The van der Waals surface area contributed by atoms with Crippen molar-refractivity contribution in [2.45, 2.75) is 31.3 Å². The summed E-state index contributed by atoms with van der Waals surface area (Å²) in [7, 11) is 1.50. The molecule has 18 heavy (non-hydrogen) atoms. The van der Waals surface area contributed by atoms with Crippen LogP contribution in [0.15, 0.2) is 0 Å². The average molecular weight is 276 g/mol. The fraction of sp³-hybridized carbons (Fsp3) is 0.818. The van der Waals surface area contributed by atoms with Crippen LogP contribution in [0.5, 0.6) is 0 Å². The number of aliphatic carboxylic acids is 1. The monoisotopic (exact) mass is 276 g/mol. The molecule has 0 spiro atoms. The zero-order valence-corrected chi connectivity index (χ0v) is 11.3. The van der Waals surface area contributed by atoms with E-state index in [0.717, 1.165) is 24.3 Å². The SMILES string of the molecule is COCCC(NC(=O)NC1CCSCC1)C(=O)O. The minimum atomic E-state index is -1.04. The predicted molar refractivity (Wildman–Crippen MR) is 69.9 cm³/mol. The number of amides is 2. The topological polar surface area (TPSA) is 87.7 Å². The summed E-state index contributed by atoms with van der Waals surface area (Å²) in [6.07, 6.45) is 2.14. The van der Waals surface area contributed by atoms with Crippen molar-refractivity contribution >= 4 is 23.8 Å². The predicted octanol–water partition coefficient (Wildman–Crippen LogP) is 0.671. The van der Waals surface area contributed by atoms with Crippen LogP contribution in [-0.4, -0.2) is 54.4 Å². The van der Waals surface area contributed by atoms with Crippen molar-refractivity contribution in [3.05, 3.63) is 0 Å². The Labute approximate surface area is 111 Å². The summed E-state index contributed by atoms with van der Waals surface area (Å²) in [5.74, 6) is 1.04. The van der Waals surface area contributed by atoms with Gasteiger partial charge in [0.25, 0.3) is 0 Å². The smallest absolute Gasteiger partial charge is 0.326 e. The zero-order valence-electron chi connectivity index (χ0n) is 10.5. The molecule has 1 aliphatic rings. The van der Waals surface area contributed by atoms with Gasteiger partial charge in [-0.1, -0.05) is 0 Å². The molecule has 1 saturated heterocycles. The molecule has 1 atom stereocenters. The second kappa shape index (κ2) is 8.20. The molecule has 2 amide bonds. The second-order valence-electron chi connectivity index (χ2n) is 4.18. The van der Waals surface area contributed by atoms with Crippen LogP contribution in [0.4, 0.5) is 4.79 Å². The lowest BCUT2D eigenvalue weighted by Gasteiger charge is -2.23. The summed E-state index contributed by atoms with van der Waals surface area (Å²) in [4.78, 5) is 22.6. The maximum absolute atomic E-state index is 11.7. The van der Waals surface area contributed by atoms with E-state index in [0.29, 0.717) is 6.61 Å². The third-order valence-corrected chi connectivity index (χ3v) is 3.82. The first kappa shape index (κ1) is 15.1. The Balaban J connectivity index is 2.32. The highest BCUT2D eigenvalue weighted by Crippen LogP contribution is 2.16. The Morgan fingerprint density at radius 1 is 1.44 bits per heavy atom. The van der Waals surface area contributed by atoms with Gasteiger partial charge in [0.15, 0.2) is 0 Å². The molecule has 1 fully saturated rings. The minimum Gasteiger partial charge on any atom is -0.480 e. The van der Waals surface area contributed by atoms with Crippen molar-refractivity contribution in [2.24, 2.45) is 0 Å². The van der Waals surface area contributed by atoms with Crippen LogP contribution in [-0.2, 0) is 9.53 Å². The van der Waals surface area contributed by atoms with Crippen molar-refractivity contribution in [3.8, 4) is 0 Å². The van der Waals surface area contributed by atoms with Crippen LogP contribution in [0, 0.1) is 0 Å². The number of hydrogen-bond donors (Lipinski definition) is 3. The standard InChI is InChI=1S/C11H20N2O4S/c1-17-5-2-9(10(14)15)13-11(16)12-8-3-6-18-7-4-8/h8-9H,2-7H2,1H3,(H,14,15)(H2,12,13,16). The molecule has 0 bridgehead atoms. The van der Waals surface area contributed by atoms with Crippen LogP contribution in [0.25, 0.3) is 0 Å². The highest BCUT2D eigenvalue weighted by Gasteiger charge is 2.21. The number of carboxylic acids is 1. The molecule has 1 rings (SSSR count). The lowest BCUT2D eigenvalue weighted by Crippen LogP contribution is -2.50. The van der Waals surface area contributed by atoms with E-state index in [1.165, 1.54) is 7.11 Å². The van der Waals surface area contributed by atoms with E-state index in [4.69, 9.17) is 9.84 Å². The highest BCUT2D eigenvalue weighted by atomic mass is 32.2. The van der Waals surface area contributed by atoms with E-state index < -0.39 is 18.0 Å². The number of carbonyl (C=O) groups excluding carboxylic acids is 1. The van der Waals surface area contributed by atoms with E-state index in [2.05, 4.69) is 10.6 Å². The summed E-state index contributed by atoms with van der Waals surface area (Å²) in [6.45, 7) is 0.303. The van der Waals surface area contributed by atoms with Crippen LogP contribution in [0.3, 0.4) is 0 Å². The van der Waals surface area contributed by atoms with Gasteiger partial charge in [-0.15, -0.1) is 0 Å². The first-order valence-corrected chi connectivity index (χ1v) is 7.15. The molecule has 0 aromatic heterocycles. The Morgan fingerprint density at radius 2 is 2.11 bits per heavy atom. The third kappa shape index (κ3) is 5.59. The van der Waals surface area contributed by atoms with Gasteiger partial charge < -0.3 is 20.5 Å². The van der Waals surface area contributed by atoms with Crippen molar-refractivity contribution < 1.29 is 19.4 Å². The van der Waals surface area contributed by atoms with Gasteiger partial charge in [0.1, 0.15) is 6.04 Å². The molecule has 0 radical (unpaired) electrons. The van der Waals surface area contributed by atoms with E-state index in [9.17, 15) is 9.59 Å². The normalized spacial score (nSPS) is 18.1. The van der Waals surface area contributed by atoms with E-state index in [-0.39, 0.29) is 12.5 Å². The molecule has 0 saturated carbocycles. The fourth-order valence-electron chi connectivity index (χ4n) is 1.72. The van der Waals surface area contributed by atoms with Crippen LogP contribution in [0.1, 0.15) is 19.3 Å². The molecule has 0 aromatic carbocycles. The first-order valence-electron chi connectivity index (χ1n) is 6.00. The van der Waals surface area contributed by atoms with Gasteiger partial charge >= 0.3 is 12.0 Å². The molecular weight excluding hydrogens is 256 g/mol. The number of ether oxygens (including phenoxy) is 1. The molecule has 0 aliphatic carbocycles. The Kier molecular flexibility index (Phi) is 6.89. The molecule has 1 heterocycles. The quantitative estimate of drug-likeness (QED) is 0.663. The van der Waals surface area contributed by atoms with E-state index >= 15 is 0 Å². The Hall–Kier alpha value is -0.950. The molecule has 1 aliphatic heterocycles. The Morgan fingerprint density at radius 3 is 2.67 bits per heavy atom. The van der Waals surface area contributed by atoms with Gasteiger partial charge in [0.05, 0.1) is 0 Å². The molecule has 0 aromatic rings. The van der Waals surface area contributed by atoms with Crippen LogP contribution >= 0.6 is 11.8 Å². The summed E-state index contributed by atoms with van der Waals surface area (Å²) in [5.41, 5.74) is 0. The molecular formula is C11H20N2O4S. The first-order chi connectivity index (χ1) is 8.63. The largest absolute Gasteiger partial charge is 0.480 e. The van der Waals surface area contributed by atoms with Gasteiger partial charge in [-0.3, -0.25) is 0 Å². The summed E-state index contributed by atoms with van der Waals surface area (Å²) in [6, 6.07) is -1.15. The molecule has 1 unspecified atom stereocenters. The molecule has 104 valence electrons. The van der Waals surface area contributed by atoms with E-state index in [1.54, 1.807) is 0 Å². The van der Waals surface area contributed by atoms with Gasteiger partial charge in [-0.05, 0) is 24.3 Å². The van der Waals surface area contributed by atoms with E-state index in [1.807, 2.05) is 11.8 Å². The molecule has 7 heteroatoms. The average Bonchev–Trinajstić information content (AvgIpc) is 2.35. The number of nitrogens with one attached hydrogen (secondary N) is 2. The van der Waals surface area contributed by atoms with Crippen LogP contribution < -0.4 is 10.6 Å². The van der Waals surface area contributed by atoms with Crippen molar-refractivity contribution in [1.29, 1.82) is 0 Å². The second-order valence-corrected chi connectivity index (χ2v) is 5.40. The van der Waals surface area contributed by atoms with Crippen molar-refractivity contribution in [2.75, 3.05) is 25.2 Å². The fourth-order valence-corrected chi connectivity index (χ4v) is 2.83. The summed E-state index contributed by atoms with van der Waals surface area (Å²) in [5, 5.41) is 14.2. The number of urea groups is 1. The Bertz CT molecular complexity index is 282. The van der Waals surface area contributed by atoms with Gasteiger partial charge in [-0.2, -0.15) is 11.8 Å². The number of rotatable bonds is 6. The van der Waals surface area contributed by atoms with Gasteiger partial charge in [-0.25, -0.2) is 9.59 Å². The lowest BCUT2D eigenvalue weighted by atomic mass is 10.1. The lowest BCUT2D eigenvalue weighted by molar-refractivity contribution is -0.139. The number of thioether (sulfide) groups is 1. The minimum absolute atomic E-state index is 0.156. The molecule has 6 nitrogen and oxygen atoms in total. The molecule has 3 N–H and O–H groups in total. The maximum Gasteiger partial charge on any atom is 0.326 e.